The van der Waals surface area contributed by atoms with Crippen molar-refractivity contribution in [3.8, 4) is 11.5 Å². The van der Waals surface area contributed by atoms with Crippen molar-refractivity contribution in [1.82, 2.24) is 9.55 Å². The van der Waals surface area contributed by atoms with Crippen LogP contribution in [0.25, 0.3) is 10.2 Å². The molecule has 2 aromatic heterocycles. The van der Waals surface area contributed by atoms with E-state index < -0.39 is 11.7 Å². The molecule has 164 valence electrons. The number of aromatic nitrogens is 2. The summed E-state index contributed by atoms with van der Waals surface area (Å²) in [5, 5.41) is 3.16. The van der Waals surface area contributed by atoms with Crippen molar-refractivity contribution in [2.45, 2.75) is 13.5 Å². The van der Waals surface area contributed by atoms with Gasteiger partial charge in [-0.25, -0.2) is 9.37 Å². The lowest BCUT2D eigenvalue weighted by Gasteiger charge is -2.11. The SMILES string of the molecule is COc1ccc(OC)c(NC(=O)c2sc3ncn(Cc4ccccc4F)c(=O)c3c2C)c1. The number of ether oxygens (including phenoxy) is 2. The predicted molar refractivity (Wildman–Crippen MR) is 122 cm³/mol. The van der Waals surface area contributed by atoms with Gasteiger partial charge in [0.15, 0.2) is 0 Å². The highest BCUT2D eigenvalue weighted by Crippen LogP contribution is 2.32. The number of benzene rings is 2. The number of rotatable bonds is 6. The zero-order chi connectivity index (χ0) is 22.8. The van der Waals surface area contributed by atoms with Crippen LogP contribution in [0.5, 0.6) is 11.5 Å². The zero-order valence-corrected chi connectivity index (χ0v) is 18.5. The third-order valence-electron chi connectivity index (χ3n) is 5.08. The predicted octanol–water partition coefficient (Wildman–Crippen LogP) is 4.22. The number of nitrogens with zero attached hydrogens (tertiary/aromatic N) is 2. The molecule has 9 heteroatoms. The molecule has 0 saturated heterocycles. The molecule has 0 fully saturated rings. The van der Waals surface area contributed by atoms with Gasteiger partial charge in [-0.1, -0.05) is 18.2 Å². The fourth-order valence-corrected chi connectivity index (χ4v) is 4.42. The molecule has 1 N–H and O–H groups in total. The maximum absolute atomic E-state index is 14.0. The topological polar surface area (TPSA) is 82.4 Å². The van der Waals surface area contributed by atoms with E-state index in [1.54, 1.807) is 43.3 Å². The monoisotopic (exact) mass is 453 g/mol. The van der Waals surface area contributed by atoms with Crippen LogP contribution in [0, 0.1) is 12.7 Å². The number of amides is 1. The van der Waals surface area contributed by atoms with Crippen molar-refractivity contribution in [2.75, 3.05) is 19.5 Å². The number of carbonyl (C=O) groups is 1. The van der Waals surface area contributed by atoms with E-state index in [0.29, 0.717) is 43.4 Å². The van der Waals surface area contributed by atoms with Gasteiger partial charge < -0.3 is 14.8 Å². The Morgan fingerprint density at radius 3 is 2.69 bits per heavy atom. The largest absolute Gasteiger partial charge is 0.497 e. The molecule has 1 amide bonds. The first-order valence-electron chi connectivity index (χ1n) is 9.68. The molecule has 2 heterocycles. The lowest BCUT2D eigenvalue weighted by atomic mass is 10.2. The van der Waals surface area contributed by atoms with E-state index in [2.05, 4.69) is 10.3 Å². The fourth-order valence-electron chi connectivity index (χ4n) is 3.39. The Hall–Kier alpha value is -3.72. The molecule has 2 aromatic carbocycles. The maximum atomic E-state index is 14.0. The number of carbonyl (C=O) groups excluding carboxylic acids is 1. The molecule has 0 bridgehead atoms. The minimum absolute atomic E-state index is 0.0479. The average molecular weight is 453 g/mol. The maximum Gasteiger partial charge on any atom is 0.266 e. The van der Waals surface area contributed by atoms with Crippen LogP contribution in [0.3, 0.4) is 0 Å². The van der Waals surface area contributed by atoms with Gasteiger partial charge in [0, 0.05) is 11.6 Å². The Bertz CT molecular complexity index is 1380. The van der Waals surface area contributed by atoms with Gasteiger partial charge in [-0.05, 0) is 30.7 Å². The van der Waals surface area contributed by atoms with Gasteiger partial charge in [-0.2, -0.15) is 0 Å². The summed E-state index contributed by atoms with van der Waals surface area (Å²) in [5.41, 5.74) is 1.01. The van der Waals surface area contributed by atoms with Crippen molar-refractivity contribution in [3.05, 3.63) is 81.0 Å². The van der Waals surface area contributed by atoms with Crippen LogP contribution < -0.4 is 20.3 Å². The second-order valence-electron chi connectivity index (χ2n) is 7.03. The minimum Gasteiger partial charge on any atom is -0.497 e. The molecule has 0 aliphatic carbocycles. The molecule has 0 saturated carbocycles. The Morgan fingerprint density at radius 2 is 1.97 bits per heavy atom. The summed E-state index contributed by atoms with van der Waals surface area (Å²) in [6.45, 7) is 1.75. The number of hydrogen-bond donors (Lipinski definition) is 1. The highest BCUT2D eigenvalue weighted by molar-refractivity contribution is 7.20. The Balaban J connectivity index is 1.70. The standard InChI is InChI=1S/C23H20FN3O4S/c1-13-19-22(25-12-27(23(19)29)11-14-6-4-5-7-16(14)24)32-20(13)21(28)26-17-10-15(30-2)8-9-18(17)31-3/h4-10,12H,11H2,1-3H3,(H,26,28). The first kappa shape index (κ1) is 21.5. The summed E-state index contributed by atoms with van der Waals surface area (Å²) in [4.78, 5) is 31.2. The number of anilines is 1. The van der Waals surface area contributed by atoms with Gasteiger partial charge in [0.1, 0.15) is 22.1 Å². The van der Waals surface area contributed by atoms with Crippen molar-refractivity contribution in [2.24, 2.45) is 0 Å². The molecule has 0 spiro atoms. The zero-order valence-electron chi connectivity index (χ0n) is 17.6. The Labute approximate surface area is 187 Å². The lowest BCUT2D eigenvalue weighted by molar-refractivity contribution is 0.102. The van der Waals surface area contributed by atoms with E-state index in [9.17, 15) is 14.0 Å². The van der Waals surface area contributed by atoms with E-state index in [0.717, 1.165) is 11.3 Å². The van der Waals surface area contributed by atoms with E-state index in [4.69, 9.17) is 9.47 Å². The number of aryl methyl sites for hydroxylation is 1. The van der Waals surface area contributed by atoms with E-state index in [-0.39, 0.29) is 12.1 Å². The van der Waals surface area contributed by atoms with Crippen LogP contribution in [-0.4, -0.2) is 29.7 Å². The van der Waals surface area contributed by atoms with Crippen molar-refractivity contribution >= 4 is 33.1 Å². The molecule has 0 atom stereocenters. The number of hydrogen-bond acceptors (Lipinski definition) is 6. The summed E-state index contributed by atoms with van der Waals surface area (Å²) in [6.07, 6.45) is 1.37. The first-order valence-corrected chi connectivity index (χ1v) is 10.5. The molecule has 32 heavy (non-hydrogen) atoms. The lowest BCUT2D eigenvalue weighted by Crippen LogP contribution is -2.21. The Morgan fingerprint density at radius 1 is 1.19 bits per heavy atom. The van der Waals surface area contributed by atoms with Crippen LogP contribution in [0.15, 0.2) is 53.6 Å². The number of methoxy groups -OCH3 is 2. The van der Waals surface area contributed by atoms with Gasteiger partial charge in [0.25, 0.3) is 11.5 Å². The second kappa shape index (κ2) is 8.80. The van der Waals surface area contributed by atoms with E-state index in [1.807, 2.05) is 0 Å². The summed E-state index contributed by atoms with van der Waals surface area (Å²) in [5.74, 6) is 0.251. The van der Waals surface area contributed by atoms with Crippen LogP contribution in [0.1, 0.15) is 20.8 Å². The van der Waals surface area contributed by atoms with Gasteiger partial charge in [0.05, 0.1) is 43.0 Å². The molecule has 4 rings (SSSR count). The number of thiophene rings is 1. The van der Waals surface area contributed by atoms with Gasteiger partial charge in [0.2, 0.25) is 0 Å². The Kier molecular flexibility index (Phi) is 5.91. The molecular weight excluding hydrogens is 433 g/mol. The van der Waals surface area contributed by atoms with Crippen LogP contribution in [0.2, 0.25) is 0 Å². The molecule has 0 aliphatic rings. The van der Waals surface area contributed by atoms with Gasteiger partial charge in [-0.15, -0.1) is 11.3 Å². The highest BCUT2D eigenvalue weighted by atomic mass is 32.1. The second-order valence-corrected chi connectivity index (χ2v) is 8.02. The third kappa shape index (κ3) is 3.94. The number of halogens is 1. The number of fused-ring (bicyclic) bond motifs is 1. The van der Waals surface area contributed by atoms with Crippen LogP contribution in [0.4, 0.5) is 10.1 Å². The van der Waals surface area contributed by atoms with Crippen molar-refractivity contribution < 1.29 is 18.7 Å². The molecular formula is C23H20FN3O4S. The quantitative estimate of drug-likeness (QED) is 0.473. The minimum atomic E-state index is -0.395. The molecule has 0 aliphatic heterocycles. The normalized spacial score (nSPS) is 10.9. The number of nitrogens with one attached hydrogen (secondary N) is 1. The molecule has 7 nitrogen and oxygen atoms in total. The van der Waals surface area contributed by atoms with E-state index >= 15 is 0 Å². The van der Waals surface area contributed by atoms with Gasteiger partial charge in [-0.3, -0.25) is 14.2 Å². The molecule has 0 radical (unpaired) electrons. The average Bonchev–Trinajstić information content (AvgIpc) is 3.14. The molecule has 4 aromatic rings. The van der Waals surface area contributed by atoms with Crippen LogP contribution >= 0.6 is 11.3 Å². The smallest absolute Gasteiger partial charge is 0.266 e. The summed E-state index contributed by atoms with van der Waals surface area (Å²) < 4.78 is 25.9. The first-order chi connectivity index (χ1) is 15.4. The molecule has 0 unspecified atom stereocenters. The summed E-state index contributed by atoms with van der Waals surface area (Å²) >= 11 is 1.12. The summed E-state index contributed by atoms with van der Waals surface area (Å²) in [6, 6.07) is 11.3. The van der Waals surface area contributed by atoms with Crippen molar-refractivity contribution in [1.29, 1.82) is 0 Å². The van der Waals surface area contributed by atoms with Gasteiger partial charge >= 0.3 is 0 Å². The highest BCUT2D eigenvalue weighted by Gasteiger charge is 2.21. The van der Waals surface area contributed by atoms with E-state index in [1.165, 1.54) is 31.2 Å². The van der Waals surface area contributed by atoms with Crippen molar-refractivity contribution in [3.63, 3.8) is 0 Å². The summed E-state index contributed by atoms with van der Waals surface area (Å²) in [7, 11) is 3.03. The fraction of sp³-hybridized carbons (Fsp3) is 0.174. The van der Waals surface area contributed by atoms with Crippen LogP contribution in [-0.2, 0) is 6.54 Å². The third-order valence-corrected chi connectivity index (χ3v) is 6.28.